The Kier molecular flexibility index (Phi) is 6.27. The normalized spacial score (nSPS) is 12.5. The van der Waals surface area contributed by atoms with Crippen LogP contribution < -0.4 is 15.4 Å². The molecule has 0 aliphatic heterocycles. The van der Waals surface area contributed by atoms with Gasteiger partial charge < -0.3 is 15.4 Å². The number of halogens is 4. The molecule has 1 amide bonds. The van der Waals surface area contributed by atoms with Crippen LogP contribution in [-0.4, -0.2) is 18.8 Å². The van der Waals surface area contributed by atoms with E-state index in [-0.39, 0.29) is 24.2 Å². The average molecular weight is 374 g/mol. The summed E-state index contributed by atoms with van der Waals surface area (Å²) in [6.07, 6.45) is -4.74. The zero-order valence-electron chi connectivity index (χ0n) is 13.3. The highest BCUT2D eigenvalue weighted by molar-refractivity contribution is 6.31. The SMILES string of the molecule is C[C@@H]([NH2+]CC(=O)Nc1ccc(OC(F)(F)F)cc1)c1ccccc1Cl. The van der Waals surface area contributed by atoms with Gasteiger partial charge in [0.25, 0.3) is 5.91 Å². The number of carbonyl (C=O) groups is 1. The maximum atomic E-state index is 12.1. The first-order valence-electron chi connectivity index (χ1n) is 7.48. The molecule has 25 heavy (non-hydrogen) atoms. The van der Waals surface area contributed by atoms with Gasteiger partial charge in [0.1, 0.15) is 11.8 Å². The molecule has 4 nitrogen and oxygen atoms in total. The average Bonchev–Trinajstić information content (AvgIpc) is 2.53. The molecular formula is C17H17ClF3N2O2+. The molecule has 0 bridgehead atoms. The zero-order valence-corrected chi connectivity index (χ0v) is 14.1. The van der Waals surface area contributed by atoms with E-state index < -0.39 is 6.36 Å². The number of nitrogens with two attached hydrogens (primary N) is 1. The van der Waals surface area contributed by atoms with E-state index >= 15 is 0 Å². The second-order valence-corrected chi connectivity index (χ2v) is 5.78. The van der Waals surface area contributed by atoms with Crippen LogP contribution in [0.4, 0.5) is 18.9 Å². The van der Waals surface area contributed by atoms with Crippen molar-refractivity contribution >= 4 is 23.2 Å². The lowest BCUT2D eigenvalue weighted by molar-refractivity contribution is -0.682. The van der Waals surface area contributed by atoms with Gasteiger partial charge in [0.05, 0.1) is 0 Å². The van der Waals surface area contributed by atoms with Crippen molar-refractivity contribution in [3.05, 3.63) is 59.1 Å². The largest absolute Gasteiger partial charge is 0.573 e. The Balaban J connectivity index is 1.85. The molecule has 0 saturated carbocycles. The van der Waals surface area contributed by atoms with Crippen molar-refractivity contribution in [2.24, 2.45) is 0 Å². The highest BCUT2D eigenvalue weighted by atomic mass is 35.5. The van der Waals surface area contributed by atoms with E-state index in [4.69, 9.17) is 11.6 Å². The predicted octanol–water partition coefficient (Wildman–Crippen LogP) is 3.50. The molecule has 1 atom stereocenters. The van der Waals surface area contributed by atoms with Gasteiger partial charge in [0, 0.05) is 16.3 Å². The number of carbonyl (C=O) groups excluding carboxylic acids is 1. The van der Waals surface area contributed by atoms with Crippen LogP contribution >= 0.6 is 11.6 Å². The number of benzene rings is 2. The highest BCUT2D eigenvalue weighted by Gasteiger charge is 2.30. The molecule has 0 spiro atoms. The lowest BCUT2D eigenvalue weighted by Gasteiger charge is -2.13. The summed E-state index contributed by atoms with van der Waals surface area (Å²) in [4.78, 5) is 12.0. The van der Waals surface area contributed by atoms with Gasteiger partial charge in [-0.05, 0) is 37.3 Å². The van der Waals surface area contributed by atoms with Crippen molar-refractivity contribution in [1.29, 1.82) is 0 Å². The number of hydrogen-bond acceptors (Lipinski definition) is 2. The fourth-order valence-corrected chi connectivity index (χ4v) is 2.51. The summed E-state index contributed by atoms with van der Waals surface area (Å²) in [5.41, 5.74) is 1.31. The van der Waals surface area contributed by atoms with Gasteiger partial charge in [0.15, 0.2) is 6.54 Å². The number of alkyl halides is 3. The van der Waals surface area contributed by atoms with Crippen LogP contribution in [0.2, 0.25) is 5.02 Å². The molecule has 0 aliphatic rings. The zero-order chi connectivity index (χ0) is 18.4. The molecule has 0 fully saturated rings. The van der Waals surface area contributed by atoms with Crippen LogP contribution in [0.3, 0.4) is 0 Å². The predicted molar refractivity (Wildman–Crippen MR) is 88.4 cm³/mol. The Labute approximate surface area is 147 Å². The molecule has 3 N–H and O–H groups in total. The second-order valence-electron chi connectivity index (χ2n) is 5.37. The van der Waals surface area contributed by atoms with E-state index in [9.17, 15) is 18.0 Å². The number of anilines is 1. The number of ether oxygens (including phenoxy) is 1. The monoisotopic (exact) mass is 373 g/mol. The van der Waals surface area contributed by atoms with E-state index in [1.165, 1.54) is 12.1 Å². The molecule has 0 radical (unpaired) electrons. The van der Waals surface area contributed by atoms with Crippen LogP contribution in [0.5, 0.6) is 5.75 Å². The van der Waals surface area contributed by atoms with Gasteiger partial charge in [0.2, 0.25) is 0 Å². The molecule has 2 aromatic carbocycles. The third-order valence-corrected chi connectivity index (χ3v) is 3.77. The Morgan fingerprint density at radius 1 is 1.20 bits per heavy atom. The number of hydrogen-bond donors (Lipinski definition) is 2. The van der Waals surface area contributed by atoms with Gasteiger partial charge >= 0.3 is 6.36 Å². The van der Waals surface area contributed by atoms with Crippen molar-refractivity contribution in [3.8, 4) is 5.75 Å². The van der Waals surface area contributed by atoms with Crippen molar-refractivity contribution < 1.29 is 28.0 Å². The minimum absolute atomic E-state index is 0.0120. The Hall–Kier alpha value is -2.25. The van der Waals surface area contributed by atoms with E-state index in [0.717, 1.165) is 17.7 Å². The van der Waals surface area contributed by atoms with Crippen LogP contribution in [0, 0.1) is 0 Å². The molecular weight excluding hydrogens is 357 g/mol. The highest BCUT2D eigenvalue weighted by Crippen LogP contribution is 2.24. The molecule has 8 heteroatoms. The molecule has 2 aromatic rings. The maximum Gasteiger partial charge on any atom is 0.573 e. The van der Waals surface area contributed by atoms with Gasteiger partial charge in [-0.2, -0.15) is 0 Å². The van der Waals surface area contributed by atoms with Gasteiger partial charge in [-0.3, -0.25) is 4.79 Å². The van der Waals surface area contributed by atoms with Crippen molar-refractivity contribution in [2.45, 2.75) is 19.3 Å². The Morgan fingerprint density at radius 3 is 2.44 bits per heavy atom. The van der Waals surface area contributed by atoms with Crippen LogP contribution in [0.15, 0.2) is 48.5 Å². The van der Waals surface area contributed by atoms with Crippen molar-refractivity contribution in [2.75, 3.05) is 11.9 Å². The first kappa shape index (κ1) is 19.1. The molecule has 0 aromatic heterocycles. The van der Waals surface area contributed by atoms with Crippen molar-refractivity contribution in [3.63, 3.8) is 0 Å². The maximum absolute atomic E-state index is 12.1. The third-order valence-electron chi connectivity index (χ3n) is 3.42. The van der Waals surface area contributed by atoms with E-state index in [1.807, 2.05) is 30.4 Å². The Morgan fingerprint density at radius 2 is 1.84 bits per heavy atom. The topological polar surface area (TPSA) is 54.9 Å². The summed E-state index contributed by atoms with van der Waals surface area (Å²) >= 11 is 6.11. The van der Waals surface area contributed by atoms with Gasteiger partial charge in [-0.25, -0.2) is 0 Å². The van der Waals surface area contributed by atoms with Gasteiger partial charge in [-0.15, -0.1) is 13.2 Å². The smallest absolute Gasteiger partial charge is 0.406 e. The lowest BCUT2D eigenvalue weighted by Crippen LogP contribution is -2.86. The van der Waals surface area contributed by atoms with E-state index in [0.29, 0.717) is 10.7 Å². The number of rotatable bonds is 6. The number of amides is 1. The van der Waals surface area contributed by atoms with Crippen LogP contribution in [0.25, 0.3) is 0 Å². The molecule has 0 unspecified atom stereocenters. The molecule has 0 saturated heterocycles. The second kappa shape index (κ2) is 8.22. The summed E-state index contributed by atoms with van der Waals surface area (Å²) in [5, 5.41) is 5.06. The standard InChI is InChI=1S/C17H16ClF3N2O2/c1-11(14-4-2-3-5-15(14)18)22-10-16(24)23-12-6-8-13(9-7-12)25-17(19,20)21/h2-9,11,22H,10H2,1H3,(H,23,24)/p+1/t11-/m1/s1. The first-order chi connectivity index (χ1) is 11.7. The quantitative estimate of drug-likeness (QED) is 0.814. The summed E-state index contributed by atoms with van der Waals surface area (Å²) in [6, 6.07) is 12.3. The fraction of sp³-hybridized carbons (Fsp3) is 0.235. The van der Waals surface area contributed by atoms with E-state index in [2.05, 4.69) is 10.1 Å². The Bertz CT molecular complexity index is 721. The molecule has 0 aliphatic carbocycles. The van der Waals surface area contributed by atoms with E-state index in [1.54, 1.807) is 6.07 Å². The summed E-state index contributed by atoms with van der Waals surface area (Å²) in [7, 11) is 0. The first-order valence-corrected chi connectivity index (χ1v) is 7.86. The summed E-state index contributed by atoms with van der Waals surface area (Å²) in [5.74, 6) is -0.618. The van der Waals surface area contributed by atoms with Crippen LogP contribution in [0.1, 0.15) is 18.5 Å². The summed E-state index contributed by atoms with van der Waals surface area (Å²) < 4.78 is 40.0. The lowest BCUT2D eigenvalue weighted by atomic mass is 10.1. The number of quaternary nitrogens is 1. The molecule has 134 valence electrons. The van der Waals surface area contributed by atoms with Gasteiger partial charge in [-0.1, -0.05) is 29.8 Å². The molecule has 2 rings (SSSR count). The molecule has 0 heterocycles. The minimum Gasteiger partial charge on any atom is -0.406 e. The fourth-order valence-electron chi connectivity index (χ4n) is 2.21. The summed E-state index contributed by atoms with van der Waals surface area (Å²) in [6.45, 7) is 2.07. The number of nitrogens with one attached hydrogen (secondary N) is 1. The third kappa shape index (κ3) is 6.28. The minimum atomic E-state index is -4.74. The van der Waals surface area contributed by atoms with Crippen LogP contribution in [-0.2, 0) is 4.79 Å². The van der Waals surface area contributed by atoms with Crippen molar-refractivity contribution in [1.82, 2.24) is 0 Å².